The topological polar surface area (TPSA) is 92.9 Å². The number of nitrogens with zero attached hydrogens (tertiary/aromatic N) is 2. The predicted molar refractivity (Wildman–Crippen MR) is 76.8 cm³/mol. The highest BCUT2D eigenvalue weighted by atomic mass is 16.6. The smallest absolute Gasteiger partial charge is 0.311 e. The first-order chi connectivity index (χ1) is 9.86. The van der Waals surface area contributed by atoms with E-state index >= 15 is 0 Å². The highest BCUT2D eigenvalue weighted by molar-refractivity contribution is 5.68. The van der Waals surface area contributed by atoms with E-state index < -0.39 is 10.9 Å². The van der Waals surface area contributed by atoms with Crippen molar-refractivity contribution >= 4 is 17.3 Å². The molecule has 0 saturated carbocycles. The fourth-order valence-electron chi connectivity index (χ4n) is 2.36. The summed E-state index contributed by atoms with van der Waals surface area (Å²) >= 11 is 0. The lowest BCUT2D eigenvalue weighted by molar-refractivity contribution is -0.386. The van der Waals surface area contributed by atoms with Gasteiger partial charge in [0, 0.05) is 36.8 Å². The fourth-order valence-corrected chi connectivity index (χ4v) is 2.36. The molecule has 7 nitrogen and oxygen atoms in total. The van der Waals surface area contributed by atoms with Crippen LogP contribution in [0.15, 0.2) is 18.2 Å². The molecule has 0 unspecified atom stereocenters. The summed E-state index contributed by atoms with van der Waals surface area (Å²) < 4.78 is 5.49. The molecule has 2 rings (SSSR count). The molecule has 7 heteroatoms. The van der Waals surface area contributed by atoms with Crippen molar-refractivity contribution in [3.63, 3.8) is 0 Å². The molecule has 0 amide bonds. The van der Waals surface area contributed by atoms with Gasteiger partial charge in [0.15, 0.2) is 5.75 Å². The van der Waals surface area contributed by atoms with Crippen molar-refractivity contribution in [1.82, 2.24) is 0 Å². The standard InChI is InChI=1S/C14H18N2O5/c1-9(2)21-13-6-11(3-4-12(13)16(19)20)15-7-10(8-15)5-14(17)18/h3-4,6,9-10H,5,7-8H2,1-2H3,(H,17,18). The summed E-state index contributed by atoms with van der Waals surface area (Å²) in [5.74, 6) is -0.423. The Labute approximate surface area is 122 Å². The first-order valence-electron chi connectivity index (χ1n) is 6.78. The third-order valence-electron chi connectivity index (χ3n) is 3.29. The number of carboxylic acid groups (broad SMARTS) is 1. The number of aliphatic carboxylic acids is 1. The summed E-state index contributed by atoms with van der Waals surface area (Å²) in [6.45, 7) is 4.91. The molecule has 1 saturated heterocycles. The lowest BCUT2D eigenvalue weighted by Gasteiger charge is -2.40. The Balaban J connectivity index is 2.12. The molecule has 1 heterocycles. The van der Waals surface area contributed by atoms with E-state index in [2.05, 4.69) is 0 Å². The van der Waals surface area contributed by atoms with Gasteiger partial charge >= 0.3 is 11.7 Å². The Morgan fingerprint density at radius 1 is 1.52 bits per heavy atom. The second kappa shape index (κ2) is 5.99. The Morgan fingerprint density at radius 3 is 2.71 bits per heavy atom. The summed E-state index contributed by atoms with van der Waals surface area (Å²) in [5.41, 5.74) is 0.757. The molecular weight excluding hydrogens is 276 g/mol. The molecular formula is C14H18N2O5. The Hall–Kier alpha value is -2.31. The maximum absolute atomic E-state index is 11.0. The van der Waals surface area contributed by atoms with E-state index in [0.717, 1.165) is 5.69 Å². The van der Waals surface area contributed by atoms with Gasteiger partial charge in [-0.05, 0) is 19.9 Å². The van der Waals surface area contributed by atoms with Gasteiger partial charge in [0.25, 0.3) is 0 Å². The van der Waals surface area contributed by atoms with E-state index in [0.29, 0.717) is 13.1 Å². The highest BCUT2D eigenvalue weighted by Gasteiger charge is 2.30. The summed E-state index contributed by atoms with van der Waals surface area (Å²) in [7, 11) is 0. The van der Waals surface area contributed by atoms with Crippen molar-refractivity contribution in [3.8, 4) is 5.75 Å². The third-order valence-corrected chi connectivity index (χ3v) is 3.29. The van der Waals surface area contributed by atoms with Crippen LogP contribution in [0, 0.1) is 16.0 Å². The lowest BCUT2D eigenvalue weighted by atomic mass is 9.95. The summed E-state index contributed by atoms with van der Waals surface area (Å²) in [6, 6.07) is 4.75. The minimum Gasteiger partial charge on any atom is -0.484 e. The van der Waals surface area contributed by atoms with Crippen LogP contribution in [0.5, 0.6) is 5.75 Å². The lowest BCUT2D eigenvalue weighted by Crippen LogP contribution is -2.47. The summed E-state index contributed by atoms with van der Waals surface area (Å²) in [5, 5.41) is 19.7. The summed E-state index contributed by atoms with van der Waals surface area (Å²) in [4.78, 5) is 23.1. The van der Waals surface area contributed by atoms with Gasteiger partial charge in [-0.3, -0.25) is 14.9 Å². The van der Waals surface area contributed by atoms with E-state index in [-0.39, 0.29) is 29.9 Å². The van der Waals surface area contributed by atoms with Gasteiger partial charge in [-0.2, -0.15) is 0 Å². The average Bonchev–Trinajstić information content (AvgIpc) is 2.31. The molecule has 0 radical (unpaired) electrons. The van der Waals surface area contributed by atoms with Crippen molar-refractivity contribution < 1.29 is 19.6 Å². The highest BCUT2D eigenvalue weighted by Crippen LogP contribution is 2.35. The first-order valence-corrected chi connectivity index (χ1v) is 6.78. The van der Waals surface area contributed by atoms with Crippen LogP contribution in [0.3, 0.4) is 0 Å². The number of nitro benzene ring substituents is 1. The Kier molecular flexibility index (Phi) is 4.30. The number of hydrogen-bond donors (Lipinski definition) is 1. The van der Waals surface area contributed by atoms with Gasteiger partial charge in [0.05, 0.1) is 17.4 Å². The fraction of sp³-hybridized carbons (Fsp3) is 0.500. The molecule has 114 valence electrons. The molecule has 0 spiro atoms. The SMILES string of the molecule is CC(C)Oc1cc(N2CC(CC(=O)O)C2)ccc1[N+](=O)[O-]. The van der Waals surface area contributed by atoms with E-state index in [1.807, 2.05) is 18.7 Å². The van der Waals surface area contributed by atoms with Crippen LogP contribution in [0.25, 0.3) is 0 Å². The van der Waals surface area contributed by atoms with Crippen LogP contribution in [-0.4, -0.2) is 35.2 Å². The van der Waals surface area contributed by atoms with Crippen LogP contribution in [0.2, 0.25) is 0 Å². The molecule has 21 heavy (non-hydrogen) atoms. The quantitative estimate of drug-likeness (QED) is 0.639. The number of anilines is 1. The molecule has 1 aromatic rings. The molecule has 1 aliphatic heterocycles. The number of carbonyl (C=O) groups is 1. The van der Waals surface area contributed by atoms with E-state index in [4.69, 9.17) is 9.84 Å². The van der Waals surface area contributed by atoms with Crippen LogP contribution in [-0.2, 0) is 4.79 Å². The van der Waals surface area contributed by atoms with Gasteiger partial charge in [-0.15, -0.1) is 0 Å². The minimum atomic E-state index is -0.799. The van der Waals surface area contributed by atoms with Crippen LogP contribution < -0.4 is 9.64 Å². The monoisotopic (exact) mass is 294 g/mol. The van der Waals surface area contributed by atoms with E-state index in [9.17, 15) is 14.9 Å². The van der Waals surface area contributed by atoms with Gasteiger partial charge in [0.1, 0.15) is 0 Å². The number of hydrogen-bond acceptors (Lipinski definition) is 5. The van der Waals surface area contributed by atoms with E-state index in [1.54, 1.807) is 12.1 Å². The average molecular weight is 294 g/mol. The summed E-state index contributed by atoms with van der Waals surface area (Å²) in [6.07, 6.45) is -0.00570. The zero-order valence-electron chi connectivity index (χ0n) is 12.0. The van der Waals surface area contributed by atoms with Crippen molar-refractivity contribution in [2.24, 2.45) is 5.92 Å². The van der Waals surface area contributed by atoms with Crippen molar-refractivity contribution in [2.75, 3.05) is 18.0 Å². The van der Waals surface area contributed by atoms with E-state index in [1.165, 1.54) is 6.07 Å². The van der Waals surface area contributed by atoms with Gasteiger partial charge in [-0.25, -0.2) is 0 Å². The molecule has 1 aromatic carbocycles. The molecule has 0 atom stereocenters. The Bertz CT molecular complexity index is 552. The largest absolute Gasteiger partial charge is 0.484 e. The number of benzene rings is 1. The number of rotatable bonds is 6. The number of nitro groups is 1. The minimum absolute atomic E-state index is 0.0601. The van der Waals surface area contributed by atoms with Crippen molar-refractivity contribution in [1.29, 1.82) is 0 Å². The van der Waals surface area contributed by atoms with Crippen LogP contribution >= 0.6 is 0 Å². The van der Waals surface area contributed by atoms with Crippen molar-refractivity contribution in [2.45, 2.75) is 26.4 Å². The molecule has 0 aromatic heterocycles. The van der Waals surface area contributed by atoms with Crippen molar-refractivity contribution in [3.05, 3.63) is 28.3 Å². The molecule has 1 fully saturated rings. The van der Waals surface area contributed by atoms with Gasteiger partial charge < -0.3 is 14.7 Å². The normalized spacial score (nSPS) is 14.9. The molecule has 0 bridgehead atoms. The van der Waals surface area contributed by atoms with Gasteiger partial charge in [0.2, 0.25) is 0 Å². The molecule has 0 aliphatic carbocycles. The second-order valence-corrected chi connectivity index (χ2v) is 5.44. The third kappa shape index (κ3) is 3.62. The van der Waals surface area contributed by atoms with Crippen LogP contribution in [0.4, 0.5) is 11.4 Å². The number of carboxylic acids is 1. The Morgan fingerprint density at radius 2 is 2.19 bits per heavy atom. The first kappa shape index (κ1) is 15.1. The molecule has 1 N–H and O–H groups in total. The van der Waals surface area contributed by atoms with Gasteiger partial charge in [-0.1, -0.05) is 0 Å². The zero-order valence-corrected chi connectivity index (χ0v) is 12.0. The predicted octanol–water partition coefficient (Wildman–Crippen LogP) is 2.29. The molecule has 1 aliphatic rings. The van der Waals surface area contributed by atoms with Crippen LogP contribution in [0.1, 0.15) is 20.3 Å². The maximum Gasteiger partial charge on any atom is 0.311 e. The maximum atomic E-state index is 11.0. The number of ether oxygens (including phenoxy) is 1. The zero-order chi connectivity index (χ0) is 15.6. The second-order valence-electron chi connectivity index (χ2n) is 5.44.